The smallest absolute Gasteiger partial charge is 0.0648 e. The van der Waals surface area contributed by atoms with Crippen molar-refractivity contribution in [1.29, 1.82) is 0 Å². The average Bonchev–Trinajstić information content (AvgIpc) is 2.55. The molecule has 94 valence electrons. The lowest BCUT2D eigenvalue weighted by Gasteiger charge is -2.38. The highest BCUT2D eigenvalue weighted by Crippen LogP contribution is 2.27. The van der Waals surface area contributed by atoms with Crippen molar-refractivity contribution in [3.8, 4) is 0 Å². The first-order valence-electron chi connectivity index (χ1n) is 6.68. The second kappa shape index (κ2) is 5.03. The molecule has 0 amide bonds. The van der Waals surface area contributed by atoms with Gasteiger partial charge < -0.3 is 10.1 Å². The first kappa shape index (κ1) is 12.3. The van der Waals surface area contributed by atoms with Gasteiger partial charge in [0.05, 0.1) is 6.61 Å². The van der Waals surface area contributed by atoms with E-state index in [4.69, 9.17) is 4.74 Å². The van der Waals surface area contributed by atoms with E-state index in [0.717, 1.165) is 19.8 Å². The minimum absolute atomic E-state index is 0.291. The van der Waals surface area contributed by atoms with Crippen LogP contribution in [0.15, 0.2) is 0 Å². The Morgan fingerprint density at radius 2 is 2.25 bits per heavy atom. The van der Waals surface area contributed by atoms with Crippen LogP contribution in [0.5, 0.6) is 0 Å². The number of nitrogens with zero attached hydrogens (tertiary/aromatic N) is 1. The van der Waals surface area contributed by atoms with Crippen LogP contribution in [0.3, 0.4) is 0 Å². The van der Waals surface area contributed by atoms with Gasteiger partial charge in [-0.3, -0.25) is 4.90 Å². The fraction of sp³-hybridized carbons (Fsp3) is 1.00. The molecule has 2 fully saturated rings. The summed E-state index contributed by atoms with van der Waals surface area (Å²) in [7, 11) is 0. The van der Waals surface area contributed by atoms with Crippen LogP contribution in [0.4, 0.5) is 0 Å². The van der Waals surface area contributed by atoms with Crippen molar-refractivity contribution in [2.45, 2.75) is 45.2 Å². The van der Waals surface area contributed by atoms with Crippen molar-refractivity contribution in [2.75, 3.05) is 32.8 Å². The maximum Gasteiger partial charge on any atom is 0.0648 e. The molecule has 3 nitrogen and oxygen atoms in total. The molecular weight excluding hydrogens is 200 g/mol. The zero-order valence-electron chi connectivity index (χ0n) is 11.0. The summed E-state index contributed by atoms with van der Waals surface area (Å²) in [6.45, 7) is 12.4. The topological polar surface area (TPSA) is 24.5 Å². The van der Waals surface area contributed by atoms with Crippen molar-refractivity contribution >= 4 is 0 Å². The summed E-state index contributed by atoms with van der Waals surface area (Å²) in [5.41, 5.74) is 0.291. The van der Waals surface area contributed by atoms with Crippen molar-refractivity contribution in [3.63, 3.8) is 0 Å². The quantitative estimate of drug-likeness (QED) is 0.772. The van der Waals surface area contributed by atoms with E-state index in [-0.39, 0.29) is 0 Å². The second-order valence-corrected chi connectivity index (χ2v) is 5.90. The lowest BCUT2D eigenvalue weighted by atomic mass is 9.96. The molecule has 0 spiro atoms. The fourth-order valence-corrected chi connectivity index (χ4v) is 2.79. The maximum absolute atomic E-state index is 5.59. The molecule has 0 aromatic rings. The first-order chi connectivity index (χ1) is 7.62. The van der Waals surface area contributed by atoms with Gasteiger partial charge in [-0.05, 0) is 32.2 Å². The predicted octanol–water partition coefficient (Wildman–Crippen LogP) is 1.49. The Hall–Kier alpha value is -0.120. The Balaban J connectivity index is 2.02. The van der Waals surface area contributed by atoms with Gasteiger partial charge in [0.2, 0.25) is 0 Å². The molecular formula is C13H26N2O. The summed E-state index contributed by atoms with van der Waals surface area (Å²) in [5, 5.41) is 3.67. The molecule has 0 aromatic carbocycles. The van der Waals surface area contributed by atoms with Crippen molar-refractivity contribution < 1.29 is 4.74 Å². The molecule has 16 heavy (non-hydrogen) atoms. The zero-order chi connectivity index (χ0) is 11.6. The predicted molar refractivity (Wildman–Crippen MR) is 66.7 cm³/mol. The number of hydrogen-bond acceptors (Lipinski definition) is 3. The molecule has 3 heteroatoms. The minimum Gasteiger partial charge on any atom is -0.379 e. The van der Waals surface area contributed by atoms with E-state index in [2.05, 4.69) is 31.0 Å². The summed E-state index contributed by atoms with van der Waals surface area (Å²) in [5.74, 6) is 0.714. The Morgan fingerprint density at radius 3 is 2.88 bits per heavy atom. The van der Waals surface area contributed by atoms with Crippen LogP contribution in [0.25, 0.3) is 0 Å². The van der Waals surface area contributed by atoms with E-state index in [0.29, 0.717) is 17.5 Å². The van der Waals surface area contributed by atoms with Crippen LogP contribution in [-0.4, -0.2) is 49.3 Å². The third-order valence-electron chi connectivity index (χ3n) is 4.19. The van der Waals surface area contributed by atoms with Crippen LogP contribution >= 0.6 is 0 Å². The molecule has 0 bridgehead atoms. The van der Waals surface area contributed by atoms with Crippen molar-refractivity contribution in [3.05, 3.63) is 0 Å². The molecule has 0 aliphatic carbocycles. The zero-order valence-corrected chi connectivity index (χ0v) is 11.0. The van der Waals surface area contributed by atoms with Gasteiger partial charge in [0.15, 0.2) is 0 Å². The van der Waals surface area contributed by atoms with Gasteiger partial charge in [-0.1, -0.05) is 13.8 Å². The fourth-order valence-electron chi connectivity index (χ4n) is 2.79. The van der Waals surface area contributed by atoms with E-state index >= 15 is 0 Å². The van der Waals surface area contributed by atoms with Gasteiger partial charge in [0.25, 0.3) is 0 Å². The highest BCUT2D eigenvalue weighted by molar-refractivity contribution is 4.93. The molecule has 2 heterocycles. The Kier molecular flexibility index (Phi) is 3.88. The van der Waals surface area contributed by atoms with E-state index in [1.54, 1.807) is 0 Å². The number of ether oxygens (including phenoxy) is 1. The normalized spacial score (nSPS) is 37.9. The summed E-state index contributed by atoms with van der Waals surface area (Å²) in [6, 6.07) is 0.639. The van der Waals surface area contributed by atoms with E-state index < -0.39 is 0 Å². The van der Waals surface area contributed by atoms with Crippen LogP contribution in [0.1, 0.15) is 33.6 Å². The van der Waals surface area contributed by atoms with Crippen LogP contribution < -0.4 is 5.32 Å². The van der Waals surface area contributed by atoms with Gasteiger partial charge in [-0.2, -0.15) is 0 Å². The molecule has 2 aliphatic rings. The lowest BCUT2D eigenvalue weighted by molar-refractivity contribution is 0.0738. The van der Waals surface area contributed by atoms with Gasteiger partial charge in [-0.25, -0.2) is 0 Å². The largest absolute Gasteiger partial charge is 0.379 e. The van der Waals surface area contributed by atoms with Crippen LogP contribution in [0, 0.1) is 5.92 Å². The van der Waals surface area contributed by atoms with Crippen LogP contribution in [0.2, 0.25) is 0 Å². The summed E-state index contributed by atoms with van der Waals surface area (Å²) in [6.07, 6.45) is 2.45. The van der Waals surface area contributed by atoms with E-state index in [9.17, 15) is 0 Å². The highest BCUT2D eigenvalue weighted by Gasteiger charge is 2.37. The van der Waals surface area contributed by atoms with Gasteiger partial charge in [-0.15, -0.1) is 0 Å². The third-order valence-corrected chi connectivity index (χ3v) is 4.19. The van der Waals surface area contributed by atoms with Gasteiger partial charge in [0, 0.05) is 31.3 Å². The third kappa shape index (κ3) is 2.58. The summed E-state index contributed by atoms with van der Waals surface area (Å²) >= 11 is 0. The van der Waals surface area contributed by atoms with Crippen molar-refractivity contribution in [1.82, 2.24) is 10.2 Å². The molecule has 0 saturated carbocycles. The molecule has 0 radical (unpaired) electrons. The SMILES string of the molecule is CC(C)C1CN(C2(C)CCOC2)CCCN1. The maximum atomic E-state index is 5.59. The minimum atomic E-state index is 0.291. The molecule has 2 unspecified atom stereocenters. The Bertz CT molecular complexity index is 224. The molecule has 0 aromatic heterocycles. The first-order valence-corrected chi connectivity index (χ1v) is 6.68. The molecule has 1 N–H and O–H groups in total. The Morgan fingerprint density at radius 1 is 1.44 bits per heavy atom. The standard InChI is InChI=1S/C13H26N2O/c1-11(2)12-9-15(7-4-6-14-12)13(3)5-8-16-10-13/h11-12,14H,4-10H2,1-3H3. The number of nitrogens with one attached hydrogen (secondary N) is 1. The van der Waals surface area contributed by atoms with Gasteiger partial charge in [0.1, 0.15) is 0 Å². The lowest BCUT2D eigenvalue weighted by Crippen LogP contribution is -2.51. The molecule has 2 saturated heterocycles. The Labute approximate surface area is 99.5 Å². The highest BCUT2D eigenvalue weighted by atomic mass is 16.5. The number of hydrogen-bond donors (Lipinski definition) is 1. The number of rotatable bonds is 2. The average molecular weight is 226 g/mol. The second-order valence-electron chi connectivity index (χ2n) is 5.90. The van der Waals surface area contributed by atoms with Gasteiger partial charge >= 0.3 is 0 Å². The summed E-state index contributed by atoms with van der Waals surface area (Å²) < 4.78 is 5.59. The van der Waals surface area contributed by atoms with E-state index in [1.165, 1.54) is 25.9 Å². The van der Waals surface area contributed by atoms with Crippen LogP contribution in [-0.2, 0) is 4.74 Å². The summed E-state index contributed by atoms with van der Waals surface area (Å²) in [4.78, 5) is 2.66. The molecule has 2 rings (SSSR count). The van der Waals surface area contributed by atoms with E-state index in [1.807, 2.05) is 0 Å². The molecule has 2 aliphatic heterocycles. The van der Waals surface area contributed by atoms with Crippen molar-refractivity contribution in [2.24, 2.45) is 5.92 Å². The monoisotopic (exact) mass is 226 g/mol. The molecule has 2 atom stereocenters.